The van der Waals surface area contributed by atoms with E-state index >= 15 is 0 Å². The Morgan fingerprint density at radius 1 is 1.04 bits per heavy atom. The number of carbonyl (C=O) groups is 1. The third-order valence-corrected chi connectivity index (χ3v) is 6.77. The normalized spacial score (nSPS) is 35.7. The molecule has 0 radical (unpaired) electrons. The van der Waals surface area contributed by atoms with Crippen LogP contribution in [0.5, 0.6) is 0 Å². The number of esters is 1. The number of hydrogen-bond donors (Lipinski definition) is 1. The predicted molar refractivity (Wildman–Crippen MR) is 79.9 cm³/mol. The number of halogens is 6. The maximum atomic E-state index is 13.1. The van der Waals surface area contributed by atoms with Crippen LogP contribution in [0.1, 0.15) is 47.5 Å². The van der Waals surface area contributed by atoms with Crippen LogP contribution in [-0.4, -0.2) is 34.6 Å². The zero-order valence-corrected chi connectivity index (χ0v) is 15.3. The summed E-state index contributed by atoms with van der Waals surface area (Å²) in [7, 11) is 0. The molecule has 1 N–H and O–H groups in total. The Labute approximate surface area is 148 Å². The molecule has 0 spiro atoms. The van der Waals surface area contributed by atoms with E-state index in [0.717, 1.165) is 0 Å². The van der Waals surface area contributed by atoms with Gasteiger partial charge in [-0.05, 0) is 57.3 Å². The van der Waals surface area contributed by atoms with Gasteiger partial charge in [-0.1, -0.05) is 13.8 Å². The molecule has 9 heteroatoms. The van der Waals surface area contributed by atoms with Crippen LogP contribution < -0.4 is 0 Å². The third-order valence-electron chi connectivity index (χ3n) is 6.77. The van der Waals surface area contributed by atoms with Crippen LogP contribution >= 0.6 is 0 Å². The zero-order valence-electron chi connectivity index (χ0n) is 15.3. The summed E-state index contributed by atoms with van der Waals surface area (Å²) in [4.78, 5) is 12.7. The second-order valence-electron chi connectivity index (χ2n) is 8.55. The lowest BCUT2D eigenvalue weighted by molar-refractivity contribution is -0.408. The van der Waals surface area contributed by atoms with E-state index in [4.69, 9.17) is 4.74 Å². The van der Waals surface area contributed by atoms with Gasteiger partial charge in [0.2, 0.25) is 0 Å². The van der Waals surface area contributed by atoms with Crippen LogP contribution in [0, 0.1) is 29.1 Å². The Balaban J connectivity index is 2.33. The Kier molecular flexibility index (Phi) is 4.72. The Hall–Kier alpha value is -0.990. The van der Waals surface area contributed by atoms with Crippen LogP contribution in [0.2, 0.25) is 0 Å². The largest absolute Gasteiger partial charge is 0.455 e. The predicted octanol–water partition coefficient (Wildman–Crippen LogP) is 4.48. The van der Waals surface area contributed by atoms with Crippen molar-refractivity contribution in [2.24, 2.45) is 29.1 Å². The van der Waals surface area contributed by atoms with Gasteiger partial charge in [-0.25, -0.2) is 0 Å². The summed E-state index contributed by atoms with van der Waals surface area (Å²) >= 11 is 0. The number of ether oxygens (including phenoxy) is 1. The molecule has 0 heterocycles. The molecule has 5 atom stereocenters. The molecular formula is C17H24F6O3. The highest BCUT2D eigenvalue weighted by Gasteiger charge is 2.79. The van der Waals surface area contributed by atoms with Crippen LogP contribution in [0.4, 0.5) is 26.3 Å². The maximum absolute atomic E-state index is 13.1. The number of hydrogen-bond acceptors (Lipinski definition) is 3. The molecular weight excluding hydrogens is 366 g/mol. The van der Waals surface area contributed by atoms with Crippen molar-refractivity contribution < 1.29 is 41.0 Å². The molecule has 26 heavy (non-hydrogen) atoms. The number of fused-ring (bicyclic) bond motifs is 2. The van der Waals surface area contributed by atoms with Crippen LogP contribution in [-0.2, 0) is 9.53 Å². The summed E-state index contributed by atoms with van der Waals surface area (Å²) in [5.41, 5.74) is -9.57. The molecule has 0 aromatic rings. The lowest BCUT2D eigenvalue weighted by Crippen LogP contribution is -2.70. The molecule has 3 nitrogen and oxygen atoms in total. The second kappa shape index (κ2) is 5.75. The first-order valence-electron chi connectivity index (χ1n) is 8.49. The molecule has 0 aliphatic heterocycles. The minimum atomic E-state index is -6.06. The molecule has 2 fully saturated rings. The number of aliphatic hydroxyl groups is 1. The summed E-state index contributed by atoms with van der Waals surface area (Å²) in [6.45, 7) is 6.35. The van der Waals surface area contributed by atoms with Crippen molar-refractivity contribution >= 4 is 5.97 Å². The molecule has 2 aliphatic rings. The molecule has 0 amide bonds. The first-order valence-corrected chi connectivity index (χ1v) is 8.49. The first-order chi connectivity index (χ1) is 11.4. The molecule has 2 saturated carbocycles. The number of carbonyl (C=O) groups excluding carboxylic acids is 1. The van der Waals surface area contributed by atoms with Gasteiger partial charge in [-0.2, -0.15) is 26.3 Å². The van der Waals surface area contributed by atoms with Gasteiger partial charge in [-0.15, -0.1) is 0 Å². The van der Waals surface area contributed by atoms with Crippen LogP contribution in [0.25, 0.3) is 0 Å². The first kappa shape index (κ1) is 21.3. The minimum Gasteiger partial charge on any atom is -0.455 e. The van der Waals surface area contributed by atoms with Gasteiger partial charge in [0, 0.05) is 0 Å². The van der Waals surface area contributed by atoms with Gasteiger partial charge >= 0.3 is 18.3 Å². The quantitative estimate of drug-likeness (QED) is 0.571. The fourth-order valence-electron chi connectivity index (χ4n) is 4.86. The smallest absolute Gasteiger partial charge is 0.430 e. The Morgan fingerprint density at radius 3 is 1.85 bits per heavy atom. The van der Waals surface area contributed by atoms with Crippen molar-refractivity contribution in [3.8, 4) is 0 Å². The standard InChI is InChI=1S/C17H24F6O3/c1-8-9(2)11-6-10(8)7-14(11,5)12(24)26-13(3,4)15(25,16(18,19)20)17(21,22)23/h8-11,25H,6-7H2,1-5H3. The summed E-state index contributed by atoms with van der Waals surface area (Å²) in [6, 6.07) is 0. The van der Waals surface area contributed by atoms with E-state index in [2.05, 4.69) is 0 Å². The van der Waals surface area contributed by atoms with Crippen LogP contribution in [0.3, 0.4) is 0 Å². The van der Waals surface area contributed by atoms with Gasteiger partial charge in [0.1, 0.15) is 0 Å². The lowest BCUT2D eigenvalue weighted by atomic mass is 9.66. The molecule has 0 saturated heterocycles. The van der Waals surface area contributed by atoms with Crippen molar-refractivity contribution in [3.63, 3.8) is 0 Å². The maximum Gasteiger partial charge on any atom is 0.430 e. The second-order valence-corrected chi connectivity index (χ2v) is 8.55. The van der Waals surface area contributed by atoms with Gasteiger partial charge in [0.25, 0.3) is 5.60 Å². The Morgan fingerprint density at radius 2 is 1.50 bits per heavy atom. The topological polar surface area (TPSA) is 46.5 Å². The molecule has 0 aromatic heterocycles. The fraction of sp³-hybridized carbons (Fsp3) is 0.941. The molecule has 2 aliphatic carbocycles. The Bertz CT molecular complexity index is 566. The number of alkyl halides is 6. The molecule has 5 unspecified atom stereocenters. The minimum absolute atomic E-state index is 0.110. The van der Waals surface area contributed by atoms with E-state index in [9.17, 15) is 36.2 Å². The zero-order chi connectivity index (χ0) is 20.5. The van der Waals surface area contributed by atoms with Gasteiger partial charge in [0.15, 0.2) is 5.60 Å². The average Bonchev–Trinajstić information content (AvgIpc) is 2.92. The van der Waals surface area contributed by atoms with Crippen LogP contribution in [0.15, 0.2) is 0 Å². The average molecular weight is 390 g/mol. The SMILES string of the molecule is CC1C2CC(C1C)C(C)(C(=O)OC(C)(C)C(O)(C(F)(F)F)C(F)(F)F)C2. The highest BCUT2D eigenvalue weighted by molar-refractivity contribution is 5.78. The van der Waals surface area contributed by atoms with Crippen molar-refractivity contribution in [1.29, 1.82) is 0 Å². The summed E-state index contributed by atoms with van der Waals surface area (Å²) in [6.07, 6.45) is -11.1. The van der Waals surface area contributed by atoms with Gasteiger partial charge in [0.05, 0.1) is 5.41 Å². The molecule has 2 bridgehead atoms. The lowest BCUT2D eigenvalue weighted by Gasteiger charge is -2.46. The van der Waals surface area contributed by atoms with Gasteiger partial charge in [-0.3, -0.25) is 4.79 Å². The monoisotopic (exact) mass is 390 g/mol. The van der Waals surface area contributed by atoms with E-state index in [-0.39, 0.29) is 17.8 Å². The molecule has 2 rings (SSSR count). The molecule has 152 valence electrons. The molecule has 0 aromatic carbocycles. The summed E-state index contributed by atoms with van der Waals surface area (Å²) in [5.74, 6) is -0.675. The third kappa shape index (κ3) is 2.72. The van der Waals surface area contributed by atoms with Gasteiger partial charge < -0.3 is 9.84 Å². The van der Waals surface area contributed by atoms with E-state index in [1.54, 1.807) is 0 Å². The number of rotatable bonds is 3. The van der Waals surface area contributed by atoms with E-state index in [1.807, 2.05) is 13.8 Å². The van der Waals surface area contributed by atoms with E-state index in [0.29, 0.717) is 32.6 Å². The van der Waals surface area contributed by atoms with E-state index < -0.39 is 34.9 Å². The van der Waals surface area contributed by atoms with Crippen molar-refractivity contribution in [3.05, 3.63) is 0 Å². The van der Waals surface area contributed by atoms with Crippen molar-refractivity contribution in [1.82, 2.24) is 0 Å². The highest BCUT2D eigenvalue weighted by atomic mass is 19.4. The highest BCUT2D eigenvalue weighted by Crippen LogP contribution is 2.62. The summed E-state index contributed by atoms with van der Waals surface area (Å²) < 4.78 is 83.5. The fourth-order valence-corrected chi connectivity index (χ4v) is 4.86. The van der Waals surface area contributed by atoms with E-state index in [1.165, 1.54) is 6.92 Å². The van der Waals surface area contributed by atoms with Crippen molar-refractivity contribution in [2.45, 2.75) is 71.0 Å². The van der Waals surface area contributed by atoms with Crippen molar-refractivity contribution in [2.75, 3.05) is 0 Å². The summed E-state index contributed by atoms with van der Waals surface area (Å²) in [5, 5.41) is 9.59.